The van der Waals surface area contributed by atoms with Crippen molar-refractivity contribution in [2.45, 2.75) is 70.8 Å². The van der Waals surface area contributed by atoms with E-state index in [4.69, 9.17) is 16.0 Å². The molecule has 1 aliphatic carbocycles. The molecule has 27 heavy (non-hydrogen) atoms. The second-order valence-electron chi connectivity index (χ2n) is 9.45. The molecule has 1 fully saturated rings. The van der Waals surface area contributed by atoms with Crippen molar-refractivity contribution in [2.24, 2.45) is 11.8 Å². The number of carbonyl (C=O) groups excluding carboxylic acids is 2. The van der Waals surface area contributed by atoms with Gasteiger partial charge in [-0.2, -0.15) is 0 Å². The molecule has 0 spiro atoms. The number of hydrogen-bond donors (Lipinski definition) is 1. The third-order valence-corrected chi connectivity index (χ3v) is 11.4. The Labute approximate surface area is 168 Å². The maximum Gasteiger partial charge on any atom is 0.228 e. The van der Waals surface area contributed by atoms with Crippen LogP contribution in [0.15, 0.2) is 18.2 Å². The summed E-state index contributed by atoms with van der Waals surface area (Å²) in [4.78, 5) is 25.4. The summed E-state index contributed by atoms with van der Waals surface area (Å²) >= 11 is 6.10. The van der Waals surface area contributed by atoms with Gasteiger partial charge in [0.05, 0.1) is 18.1 Å². The van der Waals surface area contributed by atoms with Crippen molar-refractivity contribution in [3.05, 3.63) is 34.3 Å². The Kier molecular flexibility index (Phi) is 5.34. The summed E-state index contributed by atoms with van der Waals surface area (Å²) in [5.41, 5.74) is 1.75. The number of Topliss-reactive ketones (excluding diaryl/α,β-unsaturated/α-hetero) is 1. The van der Waals surface area contributed by atoms with Gasteiger partial charge < -0.3 is 9.74 Å². The van der Waals surface area contributed by atoms with Crippen LogP contribution in [0, 0.1) is 11.8 Å². The second kappa shape index (κ2) is 7.01. The second-order valence-corrected chi connectivity index (χ2v) is 14.6. The van der Waals surface area contributed by atoms with Crippen LogP contribution in [0.5, 0.6) is 0 Å². The van der Waals surface area contributed by atoms with Gasteiger partial charge in [-0.1, -0.05) is 38.4 Å². The molecule has 1 aromatic carbocycles. The quantitative estimate of drug-likeness (QED) is 0.585. The predicted octanol–water partition coefficient (Wildman–Crippen LogP) is 4.61. The van der Waals surface area contributed by atoms with Gasteiger partial charge in [-0.3, -0.25) is 9.59 Å². The number of nitrogens with one attached hydrogen (secondary N) is 1. The highest BCUT2D eigenvalue weighted by molar-refractivity contribution is 6.74. The third-order valence-electron chi connectivity index (χ3n) is 6.62. The molecule has 0 aromatic heterocycles. The van der Waals surface area contributed by atoms with Gasteiger partial charge >= 0.3 is 0 Å². The Hall–Kier alpha value is -1.17. The summed E-state index contributed by atoms with van der Waals surface area (Å²) < 4.78 is 6.47. The van der Waals surface area contributed by atoms with Gasteiger partial charge in [-0.05, 0) is 55.6 Å². The maximum atomic E-state index is 13.1. The number of ketones is 1. The van der Waals surface area contributed by atoms with Crippen molar-refractivity contribution in [3.63, 3.8) is 0 Å². The summed E-state index contributed by atoms with van der Waals surface area (Å²) in [6, 6.07) is 5.37. The highest BCUT2D eigenvalue weighted by Crippen LogP contribution is 2.41. The molecule has 1 amide bonds. The number of carbonyl (C=O) groups is 2. The highest BCUT2D eigenvalue weighted by Gasteiger charge is 2.52. The average molecular weight is 408 g/mol. The topological polar surface area (TPSA) is 55.4 Å². The average Bonchev–Trinajstić information content (AvgIpc) is 2.52. The van der Waals surface area contributed by atoms with E-state index in [2.05, 4.69) is 39.2 Å². The number of amides is 1. The van der Waals surface area contributed by atoms with Gasteiger partial charge in [-0.15, -0.1) is 0 Å². The van der Waals surface area contributed by atoms with E-state index in [1.54, 1.807) is 6.07 Å². The Bertz CT molecular complexity index is 771. The molecule has 4 nitrogen and oxygen atoms in total. The van der Waals surface area contributed by atoms with Crippen molar-refractivity contribution >= 4 is 31.6 Å². The number of fused-ring (bicyclic) bond motifs is 1. The van der Waals surface area contributed by atoms with Crippen molar-refractivity contribution in [1.29, 1.82) is 0 Å². The Morgan fingerprint density at radius 3 is 2.52 bits per heavy atom. The minimum atomic E-state index is -1.99. The fourth-order valence-electron chi connectivity index (χ4n) is 3.97. The van der Waals surface area contributed by atoms with E-state index in [9.17, 15) is 9.59 Å². The lowest BCUT2D eigenvalue weighted by Gasteiger charge is -2.48. The van der Waals surface area contributed by atoms with Crippen molar-refractivity contribution in [2.75, 3.05) is 0 Å². The zero-order chi connectivity index (χ0) is 20.1. The van der Waals surface area contributed by atoms with Gasteiger partial charge in [0.2, 0.25) is 5.91 Å². The molecule has 3 rings (SSSR count). The Balaban J connectivity index is 1.78. The lowest BCUT2D eigenvalue weighted by molar-refractivity contribution is -0.141. The molecule has 0 unspecified atom stereocenters. The Morgan fingerprint density at radius 1 is 1.26 bits per heavy atom. The first-order chi connectivity index (χ1) is 12.4. The molecule has 1 heterocycles. The molecule has 4 atom stereocenters. The molecule has 1 N–H and O–H groups in total. The molecular weight excluding hydrogens is 378 g/mol. The van der Waals surface area contributed by atoms with E-state index in [0.717, 1.165) is 18.4 Å². The van der Waals surface area contributed by atoms with E-state index in [1.807, 2.05) is 19.1 Å². The first kappa shape index (κ1) is 20.6. The first-order valence-corrected chi connectivity index (χ1v) is 13.0. The third kappa shape index (κ3) is 3.74. The molecule has 2 aliphatic rings. The fourth-order valence-corrected chi connectivity index (χ4v) is 5.57. The molecule has 1 saturated heterocycles. The van der Waals surface area contributed by atoms with E-state index < -0.39 is 8.32 Å². The van der Waals surface area contributed by atoms with Crippen LogP contribution < -0.4 is 5.32 Å². The van der Waals surface area contributed by atoms with E-state index in [1.165, 1.54) is 0 Å². The molecular formula is C21H30ClNO3Si. The monoisotopic (exact) mass is 407 g/mol. The fraction of sp³-hybridized carbons (Fsp3) is 0.619. The lowest BCUT2D eigenvalue weighted by Crippen LogP contribution is -2.67. The number of halogens is 1. The van der Waals surface area contributed by atoms with Crippen molar-refractivity contribution in [1.82, 2.24) is 5.32 Å². The van der Waals surface area contributed by atoms with Crippen LogP contribution in [-0.4, -0.2) is 32.2 Å². The molecule has 1 aliphatic heterocycles. The minimum Gasteiger partial charge on any atom is -0.413 e. The van der Waals surface area contributed by atoms with E-state index in [0.29, 0.717) is 10.6 Å². The van der Waals surface area contributed by atoms with Gasteiger partial charge in [0.15, 0.2) is 14.1 Å². The predicted molar refractivity (Wildman–Crippen MR) is 111 cm³/mol. The Morgan fingerprint density at radius 2 is 1.93 bits per heavy atom. The zero-order valence-electron chi connectivity index (χ0n) is 17.1. The summed E-state index contributed by atoms with van der Waals surface area (Å²) in [7, 11) is -1.99. The van der Waals surface area contributed by atoms with E-state index >= 15 is 0 Å². The van der Waals surface area contributed by atoms with Gasteiger partial charge in [0.25, 0.3) is 0 Å². The van der Waals surface area contributed by atoms with Crippen LogP contribution in [0.4, 0.5) is 0 Å². The molecule has 6 heteroatoms. The number of rotatable bonds is 4. The van der Waals surface area contributed by atoms with Crippen molar-refractivity contribution < 1.29 is 14.0 Å². The maximum absolute atomic E-state index is 13.1. The van der Waals surface area contributed by atoms with Crippen LogP contribution in [0.25, 0.3) is 0 Å². The summed E-state index contributed by atoms with van der Waals surface area (Å²) in [5, 5.41) is 3.64. The van der Waals surface area contributed by atoms with Crippen LogP contribution >= 0.6 is 11.6 Å². The number of benzene rings is 1. The van der Waals surface area contributed by atoms with Crippen molar-refractivity contribution in [3.8, 4) is 0 Å². The molecule has 0 bridgehead atoms. The van der Waals surface area contributed by atoms with Gasteiger partial charge in [0.1, 0.15) is 0 Å². The SMILES string of the molecule is C[C@@H](O[Si](C)(C)C(C)(C)C)[C@H]1C(=O)N[C@@H]1[C@@H]1CCc2ccc(Cl)cc2C1=O. The molecule has 148 valence electrons. The normalized spacial score (nSPS) is 26.9. The largest absolute Gasteiger partial charge is 0.413 e. The van der Waals surface area contributed by atoms with Crippen LogP contribution in [0.2, 0.25) is 23.2 Å². The van der Waals surface area contributed by atoms with E-state index in [-0.39, 0.29) is 40.7 Å². The number of β-lactam (4-membered cyclic amide) rings is 1. The van der Waals surface area contributed by atoms with Crippen LogP contribution in [0.1, 0.15) is 50.0 Å². The van der Waals surface area contributed by atoms with Gasteiger partial charge in [0, 0.05) is 16.5 Å². The zero-order valence-corrected chi connectivity index (χ0v) is 18.8. The van der Waals surface area contributed by atoms with Crippen LogP contribution in [0.3, 0.4) is 0 Å². The molecule has 1 aromatic rings. The molecule has 0 saturated carbocycles. The standard InChI is InChI=1S/C21H30ClNO3Si/c1-12(26-27(5,6)21(2,3)4)17-18(23-20(17)25)15-10-8-13-7-9-14(22)11-16(13)19(15)24/h7,9,11-12,15,17-18H,8,10H2,1-6H3,(H,23,25)/t12-,15+,17-,18-/m1/s1. The summed E-state index contributed by atoms with van der Waals surface area (Å²) in [5.74, 6) is -0.387. The summed E-state index contributed by atoms with van der Waals surface area (Å²) in [6.45, 7) is 12.9. The minimum absolute atomic E-state index is 0.00380. The molecule has 0 radical (unpaired) electrons. The number of hydrogen-bond acceptors (Lipinski definition) is 3. The first-order valence-electron chi connectivity index (χ1n) is 9.73. The smallest absolute Gasteiger partial charge is 0.228 e. The lowest BCUT2D eigenvalue weighted by atomic mass is 9.70. The van der Waals surface area contributed by atoms with Gasteiger partial charge in [-0.25, -0.2) is 0 Å². The highest BCUT2D eigenvalue weighted by atomic mass is 35.5. The van der Waals surface area contributed by atoms with Crippen LogP contribution in [-0.2, 0) is 15.6 Å². The summed E-state index contributed by atoms with van der Waals surface area (Å²) in [6.07, 6.45) is 1.39. The number of aryl methyl sites for hydroxylation is 1.